The van der Waals surface area contributed by atoms with Crippen LogP contribution in [0.4, 0.5) is 23.0 Å². The minimum Gasteiger partial charge on any atom is -0.337 e. The Morgan fingerprint density at radius 2 is 1.41 bits per heavy atom. The van der Waals surface area contributed by atoms with E-state index >= 15 is 0 Å². The monoisotopic (exact) mass is 475 g/mol. The van der Waals surface area contributed by atoms with Crippen molar-refractivity contribution in [3.8, 4) is 0 Å². The average Bonchev–Trinajstić information content (AvgIpc) is 2.79. The molecule has 0 atom stereocenters. The number of amides is 1. The van der Waals surface area contributed by atoms with Crippen molar-refractivity contribution in [3.63, 3.8) is 0 Å². The molecule has 1 aromatic heterocycles. The molecule has 10 heteroatoms. The maximum absolute atomic E-state index is 13.1. The fourth-order valence-corrected chi connectivity index (χ4v) is 4.23. The van der Waals surface area contributed by atoms with E-state index in [0.717, 1.165) is 0 Å². The van der Waals surface area contributed by atoms with Gasteiger partial charge in [0.1, 0.15) is 0 Å². The first-order valence-electron chi connectivity index (χ1n) is 10.3. The second-order valence-corrected chi connectivity index (χ2v) is 9.16. The van der Waals surface area contributed by atoms with Crippen LogP contribution in [0.15, 0.2) is 77.7 Å². The van der Waals surface area contributed by atoms with Gasteiger partial charge in [-0.3, -0.25) is 14.3 Å². The number of nitrogens with zero attached hydrogens (tertiary/aromatic N) is 2. The molecule has 0 saturated heterocycles. The average molecular weight is 476 g/mol. The Labute approximate surface area is 196 Å². The smallest absolute Gasteiger partial charge is 0.263 e. The number of sulfonamides is 1. The molecule has 34 heavy (non-hydrogen) atoms. The van der Waals surface area contributed by atoms with E-state index in [4.69, 9.17) is 0 Å². The molecule has 3 N–H and O–H groups in total. The largest absolute Gasteiger partial charge is 0.337 e. The molecule has 0 aliphatic heterocycles. The van der Waals surface area contributed by atoms with Crippen molar-refractivity contribution in [2.24, 2.45) is 0 Å². The van der Waals surface area contributed by atoms with Gasteiger partial charge in [-0.25, -0.2) is 18.4 Å². The third kappa shape index (κ3) is 5.18. The Kier molecular flexibility index (Phi) is 6.24. The lowest BCUT2D eigenvalue weighted by Crippen LogP contribution is -2.16. The van der Waals surface area contributed by atoms with Gasteiger partial charge in [-0.05, 0) is 55.5 Å². The van der Waals surface area contributed by atoms with E-state index in [1.54, 1.807) is 48.5 Å². The van der Waals surface area contributed by atoms with Gasteiger partial charge in [-0.2, -0.15) is 0 Å². The first kappa shape index (κ1) is 22.9. The normalized spacial score (nSPS) is 11.1. The third-order valence-corrected chi connectivity index (χ3v) is 6.17. The summed E-state index contributed by atoms with van der Waals surface area (Å²) in [5, 5.41) is 5.66. The van der Waals surface area contributed by atoms with Crippen LogP contribution in [-0.2, 0) is 14.8 Å². The molecule has 0 bridgehead atoms. The molecule has 1 heterocycles. The number of carbonyl (C=O) groups is 2. The molecule has 0 aliphatic rings. The number of hydrogen-bond acceptors (Lipinski definition) is 7. The fourth-order valence-electron chi connectivity index (χ4n) is 3.22. The maximum atomic E-state index is 13.1. The number of rotatable bonds is 7. The zero-order chi connectivity index (χ0) is 24.3. The van der Waals surface area contributed by atoms with Crippen molar-refractivity contribution in [2.45, 2.75) is 18.7 Å². The summed E-state index contributed by atoms with van der Waals surface area (Å²) in [6, 6.07) is 19.6. The Morgan fingerprint density at radius 3 is 2.03 bits per heavy atom. The van der Waals surface area contributed by atoms with Crippen LogP contribution in [0, 0.1) is 0 Å². The summed E-state index contributed by atoms with van der Waals surface area (Å²) >= 11 is 0. The molecule has 172 valence electrons. The van der Waals surface area contributed by atoms with Crippen LogP contribution in [0.3, 0.4) is 0 Å². The SMILES string of the molecule is CC(=O)Nc1ccc(S(=O)(=O)Nc2nc3ccccc3nc2Nc2cccc(C(C)=O)c2)cc1. The number of ketones is 1. The molecule has 0 aliphatic carbocycles. The lowest BCUT2D eigenvalue weighted by atomic mass is 10.1. The van der Waals surface area contributed by atoms with Gasteiger partial charge < -0.3 is 10.6 Å². The number of Topliss-reactive ketones (excluding diaryl/α,β-unsaturated/α-hetero) is 1. The molecule has 1 amide bonds. The van der Waals surface area contributed by atoms with Crippen molar-refractivity contribution >= 4 is 55.8 Å². The van der Waals surface area contributed by atoms with Crippen LogP contribution in [-0.4, -0.2) is 30.1 Å². The molecule has 9 nitrogen and oxygen atoms in total. The lowest BCUT2D eigenvalue weighted by Gasteiger charge is -2.14. The Balaban J connectivity index is 1.71. The van der Waals surface area contributed by atoms with Crippen molar-refractivity contribution < 1.29 is 18.0 Å². The standard InChI is InChI=1S/C24H21N5O4S/c1-15(30)17-6-5-7-19(14-17)26-23-24(28-22-9-4-3-8-21(22)27-23)29-34(32,33)20-12-10-18(11-13-20)25-16(2)31/h3-14H,1-2H3,(H,25,31)(H,26,27)(H,28,29). The van der Waals surface area contributed by atoms with Gasteiger partial charge in [-0.1, -0.05) is 24.3 Å². The number of benzene rings is 3. The van der Waals surface area contributed by atoms with E-state index in [1.807, 2.05) is 0 Å². The van der Waals surface area contributed by atoms with Crippen LogP contribution >= 0.6 is 0 Å². The number of fused-ring (bicyclic) bond motifs is 1. The van der Waals surface area contributed by atoms with Crippen molar-refractivity contribution in [2.75, 3.05) is 15.4 Å². The molecule has 3 aromatic carbocycles. The summed E-state index contributed by atoms with van der Waals surface area (Å²) in [6.07, 6.45) is 0. The Bertz CT molecular complexity index is 1500. The highest BCUT2D eigenvalue weighted by Gasteiger charge is 2.19. The molecule has 0 radical (unpaired) electrons. The van der Waals surface area contributed by atoms with Crippen molar-refractivity contribution in [1.82, 2.24) is 9.97 Å². The van der Waals surface area contributed by atoms with Gasteiger partial charge >= 0.3 is 0 Å². The van der Waals surface area contributed by atoms with Gasteiger partial charge in [0.05, 0.1) is 15.9 Å². The summed E-state index contributed by atoms with van der Waals surface area (Å²) in [6.45, 7) is 2.83. The fraction of sp³-hybridized carbons (Fsp3) is 0.0833. The lowest BCUT2D eigenvalue weighted by molar-refractivity contribution is -0.114. The summed E-state index contributed by atoms with van der Waals surface area (Å²) < 4.78 is 28.7. The first-order chi connectivity index (χ1) is 16.2. The quantitative estimate of drug-likeness (QED) is 0.339. The van der Waals surface area contributed by atoms with E-state index in [-0.39, 0.29) is 28.2 Å². The molecular formula is C24H21N5O4S. The molecule has 4 aromatic rings. The molecule has 0 spiro atoms. The van der Waals surface area contributed by atoms with E-state index in [1.165, 1.54) is 38.1 Å². The highest BCUT2D eigenvalue weighted by Crippen LogP contribution is 2.28. The van der Waals surface area contributed by atoms with E-state index in [9.17, 15) is 18.0 Å². The Hall–Kier alpha value is -4.31. The van der Waals surface area contributed by atoms with Crippen molar-refractivity contribution in [1.29, 1.82) is 0 Å². The van der Waals surface area contributed by atoms with Gasteiger partial charge in [0.15, 0.2) is 17.4 Å². The van der Waals surface area contributed by atoms with Gasteiger partial charge in [0.2, 0.25) is 5.91 Å². The van der Waals surface area contributed by atoms with Crippen LogP contribution < -0.4 is 15.4 Å². The van der Waals surface area contributed by atoms with Crippen LogP contribution in [0.25, 0.3) is 11.0 Å². The minimum atomic E-state index is -4.02. The van der Waals surface area contributed by atoms with Gasteiger partial charge in [0.25, 0.3) is 10.0 Å². The summed E-state index contributed by atoms with van der Waals surface area (Å²) in [5.74, 6) is -0.183. The zero-order valence-electron chi connectivity index (χ0n) is 18.4. The number of para-hydroxylation sites is 2. The number of nitrogens with one attached hydrogen (secondary N) is 3. The minimum absolute atomic E-state index is 0.00198. The maximum Gasteiger partial charge on any atom is 0.263 e. The van der Waals surface area contributed by atoms with Crippen LogP contribution in [0.2, 0.25) is 0 Å². The van der Waals surface area contributed by atoms with Crippen LogP contribution in [0.5, 0.6) is 0 Å². The van der Waals surface area contributed by atoms with Gasteiger partial charge in [0, 0.05) is 23.9 Å². The molecule has 0 unspecified atom stereocenters. The predicted octanol–water partition coefficient (Wildman–Crippen LogP) is 4.34. The summed E-state index contributed by atoms with van der Waals surface area (Å²) in [7, 11) is -4.02. The Morgan fingerprint density at radius 1 is 0.765 bits per heavy atom. The second-order valence-electron chi connectivity index (χ2n) is 7.48. The zero-order valence-corrected chi connectivity index (χ0v) is 19.2. The van der Waals surface area contributed by atoms with Crippen molar-refractivity contribution in [3.05, 3.63) is 78.4 Å². The molecule has 0 fully saturated rings. The van der Waals surface area contributed by atoms with Crippen LogP contribution in [0.1, 0.15) is 24.2 Å². The number of aromatic nitrogens is 2. The second kappa shape index (κ2) is 9.28. The van der Waals surface area contributed by atoms with E-state index < -0.39 is 10.0 Å². The van der Waals surface area contributed by atoms with E-state index in [2.05, 4.69) is 25.3 Å². The third-order valence-electron chi connectivity index (χ3n) is 4.82. The first-order valence-corrected chi connectivity index (χ1v) is 11.7. The number of anilines is 4. The number of carbonyl (C=O) groups excluding carboxylic acids is 2. The molecule has 4 rings (SSSR count). The molecule has 0 saturated carbocycles. The summed E-state index contributed by atoms with van der Waals surface area (Å²) in [4.78, 5) is 31.9. The van der Waals surface area contributed by atoms with E-state index in [0.29, 0.717) is 28.0 Å². The topological polar surface area (TPSA) is 130 Å². The summed E-state index contributed by atoms with van der Waals surface area (Å²) in [5.41, 5.74) is 2.60. The highest BCUT2D eigenvalue weighted by molar-refractivity contribution is 7.92. The van der Waals surface area contributed by atoms with Gasteiger partial charge in [-0.15, -0.1) is 0 Å². The molecular weight excluding hydrogens is 454 g/mol. The predicted molar refractivity (Wildman–Crippen MR) is 131 cm³/mol. The number of hydrogen-bond donors (Lipinski definition) is 3. The highest BCUT2D eigenvalue weighted by atomic mass is 32.2.